The SMILES string of the molecule is O=C1NC=CC2CNc3cccc1c32. The molecule has 2 aliphatic heterocycles. The van der Waals surface area contributed by atoms with Crippen LogP contribution in [0, 0.1) is 0 Å². The summed E-state index contributed by atoms with van der Waals surface area (Å²) < 4.78 is 0. The Labute approximate surface area is 81.8 Å². The summed E-state index contributed by atoms with van der Waals surface area (Å²) in [4.78, 5) is 11.6. The van der Waals surface area contributed by atoms with Crippen molar-refractivity contribution in [2.45, 2.75) is 5.92 Å². The smallest absolute Gasteiger partial charge is 0.255 e. The van der Waals surface area contributed by atoms with Gasteiger partial charge in [-0.25, -0.2) is 0 Å². The van der Waals surface area contributed by atoms with Gasteiger partial charge >= 0.3 is 0 Å². The molecule has 0 spiro atoms. The maximum atomic E-state index is 11.6. The highest BCUT2D eigenvalue weighted by atomic mass is 16.1. The van der Waals surface area contributed by atoms with Crippen LogP contribution in [0.4, 0.5) is 5.69 Å². The number of anilines is 1. The van der Waals surface area contributed by atoms with E-state index in [0.717, 1.165) is 23.4 Å². The molecular formula is C11H10N2O. The molecule has 3 rings (SSSR count). The minimum absolute atomic E-state index is 0.00991. The van der Waals surface area contributed by atoms with Gasteiger partial charge in [0, 0.05) is 29.9 Å². The van der Waals surface area contributed by atoms with Crippen molar-refractivity contribution in [3.63, 3.8) is 0 Å². The zero-order valence-electron chi connectivity index (χ0n) is 7.58. The molecule has 2 heterocycles. The van der Waals surface area contributed by atoms with E-state index >= 15 is 0 Å². The van der Waals surface area contributed by atoms with Crippen LogP contribution in [-0.4, -0.2) is 12.5 Å². The zero-order chi connectivity index (χ0) is 9.54. The number of hydrogen-bond donors (Lipinski definition) is 2. The van der Waals surface area contributed by atoms with Gasteiger partial charge in [-0.3, -0.25) is 4.79 Å². The lowest BCUT2D eigenvalue weighted by molar-refractivity contribution is 0.0970. The van der Waals surface area contributed by atoms with E-state index in [-0.39, 0.29) is 5.91 Å². The van der Waals surface area contributed by atoms with Gasteiger partial charge in [-0.15, -0.1) is 0 Å². The van der Waals surface area contributed by atoms with E-state index in [1.165, 1.54) is 0 Å². The van der Waals surface area contributed by atoms with Crippen LogP contribution in [0.15, 0.2) is 30.5 Å². The van der Waals surface area contributed by atoms with Gasteiger partial charge in [-0.2, -0.15) is 0 Å². The number of benzene rings is 1. The van der Waals surface area contributed by atoms with Gasteiger partial charge in [0.1, 0.15) is 0 Å². The van der Waals surface area contributed by atoms with Crippen molar-refractivity contribution in [1.29, 1.82) is 0 Å². The average molecular weight is 186 g/mol. The molecule has 1 amide bonds. The number of hydrogen-bond acceptors (Lipinski definition) is 2. The second-order valence-corrected chi connectivity index (χ2v) is 3.59. The Morgan fingerprint density at radius 3 is 3.21 bits per heavy atom. The lowest BCUT2D eigenvalue weighted by Crippen LogP contribution is -2.16. The van der Waals surface area contributed by atoms with E-state index in [1.807, 2.05) is 24.3 Å². The second kappa shape index (κ2) is 2.61. The first kappa shape index (κ1) is 7.62. The molecule has 0 fully saturated rings. The molecule has 3 heteroatoms. The molecule has 2 aliphatic rings. The van der Waals surface area contributed by atoms with Crippen LogP contribution >= 0.6 is 0 Å². The van der Waals surface area contributed by atoms with E-state index in [9.17, 15) is 4.79 Å². The average Bonchev–Trinajstić information content (AvgIpc) is 2.53. The highest BCUT2D eigenvalue weighted by molar-refractivity contribution is 5.99. The molecule has 0 bridgehead atoms. The summed E-state index contributed by atoms with van der Waals surface area (Å²) in [5.74, 6) is 0.324. The number of rotatable bonds is 0. The standard InChI is InChI=1S/C11H10N2O/c14-11-8-2-1-3-9-10(8)7(6-13-9)4-5-12-11/h1-5,7,13H,6H2,(H,12,14). The molecular weight excluding hydrogens is 176 g/mol. The third-order valence-corrected chi connectivity index (χ3v) is 2.78. The fourth-order valence-corrected chi connectivity index (χ4v) is 2.12. The Morgan fingerprint density at radius 2 is 2.29 bits per heavy atom. The fraction of sp³-hybridized carbons (Fsp3) is 0.182. The maximum Gasteiger partial charge on any atom is 0.255 e. The Hall–Kier alpha value is -1.77. The first-order valence-electron chi connectivity index (χ1n) is 4.70. The molecule has 70 valence electrons. The van der Waals surface area contributed by atoms with Crippen LogP contribution in [0.25, 0.3) is 0 Å². The van der Waals surface area contributed by atoms with Crippen LogP contribution in [-0.2, 0) is 0 Å². The summed E-state index contributed by atoms with van der Waals surface area (Å²) in [6, 6.07) is 5.81. The molecule has 0 saturated carbocycles. The lowest BCUT2D eigenvalue weighted by Gasteiger charge is -2.06. The van der Waals surface area contributed by atoms with Gasteiger partial charge < -0.3 is 10.6 Å². The van der Waals surface area contributed by atoms with Crippen molar-refractivity contribution in [2.75, 3.05) is 11.9 Å². The molecule has 2 N–H and O–H groups in total. The predicted molar refractivity (Wildman–Crippen MR) is 54.3 cm³/mol. The predicted octanol–water partition coefficient (Wildman–Crippen LogP) is 1.45. The fourth-order valence-electron chi connectivity index (χ4n) is 2.12. The molecule has 0 aliphatic carbocycles. The summed E-state index contributed by atoms with van der Waals surface area (Å²) in [6.07, 6.45) is 3.77. The third kappa shape index (κ3) is 0.894. The molecule has 0 radical (unpaired) electrons. The van der Waals surface area contributed by atoms with Crippen molar-refractivity contribution in [1.82, 2.24) is 5.32 Å². The zero-order valence-corrected chi connectivity index (χ0v) is 7.58. The molecule has 3 nitrogen and oxygen atoms in total. The van der Waals surface area contributed by atoms with Crippen LogP contribution < -0.4 is 10.6 Å². The van der Waals surface area contributed by atoms with Gasteiger partial charge in [-0.05, 0) is 17.7 Å². The molecule has 1 aromatic carbocycles. The minimum Gasteiger partial charge on any atom is -0.384 e. The molecule has 0 aromatic heterocycles. The maximum absolute atomic E-state index is 11.6. The summed E-state index contributed by atoms with van der Waals surface area (Å²) in [6.45, 7) is 0.887. The molecule has 0 saturated heterocycles. The van der Waals surface area contributed by atoms with E-state index in [2.05, 4.69) is 10.6 Å². The van der Waals surface area contributed by atoms with Crippen molar-refractivity contribution in [3.05, 3.63) is 41.6 Å². The summed E-state index contributed by atoms with van der Waals surface area (Å²) in [5, 5.41) is 6.04. The minimum atomic E-state index is -0.00991. The molecule has 1 aromatic rings. The number of carbonyl (C=O) groups is 1. The molecule has 14 heavy (non-hydrogen) atoms. The summed E-state index contributed by atoms with van der Waals surface area (Å²) >= 11 is 0. The van der Waals surface area contributed by atoms with E-state index in [1.54, 1.807) is 6.20 Å². The second-order valence-electron chi connectivity index (χ2n) is 3.59. The topological polar surface area (TPSA) is 41.1 Å². The Kier molecular flexibility index (Phi) is 1.42. The van der Waals surface area contributed by atoms with Gasteiger partial charge in [-0.1, -0.05) is 12.1 Å². The van der Waals surface area contributed by atoms with Crippen molar-refractivity contribution in [2.24, 2.45) is 0 Å². The van der Waals surface area contributed by atoms with Crippen LogP contribution in [0.5, 0.6) is 0 Å². The van der Waals surface area contributed by atoms with Crippen LogP contribution in [0.3, 0.4) is 0 Å². The summed E-state index contributed by atoms with van der Waals surface area (Å²) in [7, 11) is 0. The molecule has 1 unspecified atom stereocenters. The first-order valence-corrected chi connectivity index (χ1v) is 4.70. The number of amides is 1. The summed E-state index contributed by atoms with van der Waals surface area (Å²) in [5.41, 5.74) is 3.02. The van der Waals surface area contributed by atoms with Crippen LogP contribution in [0.1, 0.15) is 21.8 Å². The molecule has 1 atom stereocenters. The third-order valence-electron chi connectivity index (χ3n) is 2.78. The Bertz CT molecular complexity index is 437. The number of carbonyl (C=O) groups excluding carboxylic acids is 1. The Balaban J connectivity index is 2.28. The Morgan fingerprint density at radius 1 is 1.36 bits per heavy atom. The van der Waals surface area contributed by atoms with Gasteiger partial charge in [0.2, 0.25) is 0 Å². The van der Waals surface area contributed by atoms with Gasteiger partial charge in [0.05, 0.1) is 0 Å². The first-order chi connectivity index (χ1) is 6.86. The monoisotopic (exact) mass is 186 g/mol. The quantitative estimate of drug-likeness (QED) is 0.644. The van der Waals surface area contributed by atoms with Crippen LogP contribution in [0.2, 0.25) is 0 Å². The van der Waals surface area contributed by atoms with E-state index < -0.39 is 0 Å². The lowest BCUT2D eigenvalue weighted by atomic mass is 9.96. The highest BCUT2D eigenvalue weighted by Crippen LogP contribution is 2.35. The normalized spacial score (nSPS) is 22.3. The van der Waals surface area contributed by atoms with Gasteiger partial charge in [0.15, 0.2) is 0 Å². The van der Waals surface area contributed by atoms with Crippen molar-refractivity contribution in [3.8, 4) is 0 Å². The van der Waals surface area contributed by atoms with Crippen molar-refractivity contribution < 1.29 is 4.79 Å². The highest BCUT2D eigenvalue weighted by Gasteiger charge is 2.27. The van der Waals surface area contributed by atoms with Crippen molar-refractivity contribution >= 4 is 11.6 Å². The van der Waals surface area contributed by atoms with E-state index in [4.69, 9.17) is 0 Å². The van der Waals surface area contributed by atoms with Gasteiger partial charge in [0.25, 0.3) is 5.91 Å². The number of nitrogens with one attached hydrogen (secondary N) is 2. The largest absolute Gasteiger partial charge is 0.384 e. The van der Waals surface area contributed by atoms with E-state index in [0.29, 0.717) is 5.92 Å².